The van der Waals surface area contributed by atoms with Gasteiger partial charge in [0.05, 0.1) is 5.52 Å². The van der Waals surface area contributed by atoms with Crippen LogP contribution in [0, 0.1) is 0 Å². The Morgan fingerprint density at radius 2 is 2.10 bits per heavy atom. The van der Waals surface area contributed by atoms with Crippen molar-refractivity contribution in [1.82, 2.24) is 15.0 Å². The van der Waals surface area contributed by atoms with Gasteiger partial charge in [-0.25, -0.2) is 9.97 Å². The molecule has 0 atom stereocenters. The molecule has 100 valence electrons. The minimum Gasteiger partial charge on any atom is -0.369 e. The summed E-state index contributed by atoms with van der Waals surface area (Å²) < 4.78 is 1.02. The molecule has 3 rings (SSSR count). The van der Waals surface area contributed by atoms with Crippen molar-refractivity contribution in [3.63, 3.8) is 0 Å². The number of anilines is 1. The predicted octanol–water partition coefficient (Wildman–Crippen LogP) is 3.44. The van der Waals surface area contributed by atoms with Crippen molar-refractivity contribution in [3.05, 3.63) is 59.1 Å². The molecule has 0 radical (unpaired) electrons. The fourth-order valence-corrected chi connectivity index (χ4v) is 2.40. The number of nitrogens with one attached hydrogen (secondary N) is 1. The Morgan fingerprint density at radius 3 is 2.95 bits per heavy atom. The van der Waals surface area contributed by atoms with Gasteiger partial charge < -0.3 is 5.32 Å². The molecule has 0 saturated heterocycles. The molecule has 0 amide bonds. The quantitative estimate of drug-likeness (QED) is 0.797. The van der Waals surface area contributed by atoms with Gasteiger partial charge in [0.1, 0.15) is 12.1 Å². The molecule has 5 heteroatoms. The van der Waals surface area contributed by atoms with Crippen LogP contribution < -0.4 is 5.32 Å². The first-order valence-electron chi connectivity index (χ1n) is 6.36. The Labute approximate surface area is 125 Å². The SMILES string of the molecule is Brc1ccc2ncnc(NCCc3cccnc3)c2c1. The molecule has 0 spiro atoms. The van der Waals surface area contributed by atoms with Crippen molar-refractivity contribution in [3.8, 4) is 0 Å². The molecule has 0 bridgehead atoms. The molecule has 0 aliphatic heterocycles. The van der Waals surface area contributed by atoms with Crippen molar-refractivity contribution in [1.29, 1.82) is 0 Å². The van der Waals surface area contributed by atoms with E-state index in [-0.39, 0.29) is 0 Å². The fraction of sp³-hybridized carbons (Fsp3) is 0.133. The van der Waals surface area contributed by atoms with E-state index >= 15 is 0 Å². The normalized spacial score (nSPS) is 10.7. The van der Waals surface area contributed by atoms with Gasteiger partial charge in [-0.15, -0.1) is 0 Å². The van der Waals surface area contributed by atoms with Crippen molar-refractivity contribution >= 4 is 32.7 Å². The molecule has 2 aromatic heterocycles. The molecule has 20 heavy (non-hydrogen) atoms. The molecule has 3 aromatic rings. The highest BCUT2D eigenvalue weighted by Crippen LogP contribution is 2.23. The minimum absolute atomic E-state index is 0.810. The number of halogens is 1. The molecule has 2 heterocycles. The van der Waals surface area contributed by atoms with Crippen LogP contribution in [0.4, 0.5) is 5.82 Å². The summed E-state index contributed by atoms with van der Waals surface area (Å²) in [5.74, 6) is 0.861. The zero-order chi connectivity index (χ0) is 13.8. The highest BCUT2D eigenvalue weighted by molar-refractivity contribution is 9.10. The van der Waals surface area contributed by atoms with E-state index in [9.17, 15) is 0 Å². The first-order chi connectivity index (χ1) is 9.83. The first kappa shape index (κ1) is 13.0. The number of nitrogens with zero attached hydrogens (tertiary/aromatic N) is 3. The molecule has 1 N–H and O–H groups in total. The zero-order valence-corrected chi connectivity index (χ0v) is 12.3. The Hall–Kier alpha value is -2.01. The molecule has 0 unspecified atom stereocenters. The highest BCUT2D eigenvalue weighted by atomic mass is 79.9. The number of benzene rings is 1. The Morgan fingerprint density at radius 1 is 1.15 bits per heavy atom. The predicted molar refractivity (Wildman–Crippen MR) is 83.7 cm³/mol. The lowest BCUT2D eigenvalue weighted by atomic mass is 10.2. The lowest BCUT2D eigenvalue weighted by molar-refractivity contribution is 0.994. The van der Waals surface area contributed by atoms with E-state index in [1.807, 2.05) is 30.5 Å². The molecule has 1 aromatic carbocycles. The summed E-state index contributed by atoms with van der Waals surface area (Å²) in [4.78, 5) is 12.7. The summed E-state index contributed by atoms with van der Waals surface area (Å²) in [6, 6.07) is 10.0. The van der Waals surface area contributed by atoms with Crippen LogP contribution in [0.5, 0.6) is 0 Å². The average molecular weight is 329 g/mol. The highest BCUT2D eigenvalue weighted by Gasteiger charge is 2.03. The maximum atomic E-state index is 4.32. The van der Waals surface area contributed by atoms with Gasteiger partial charge in [-0.05, 0) is 36.2 Å². The summed E-state index contributed by atoms with van der Waals surface area (Å²) >= 11 is 3.48. The Kier molecular flexibility index (Phi) is 3.87. The van der Waals surface area contributed by atoms with Crippen LogP contribution in [0.3, 0.4) is 0 Å². The van der Waals surface area contributed by atoms with E-state index in [4.69, 9.17) is 0 Å². The lowest BCUT2D eigenvalue weighted by Gasteiger charge is -2.08. The first-order valence-corrected chi connectivity index (χ1v) is 7.15. The maximum Gasteiger partial charge on any atom is 0.137 e. The van der Waals surface area contributed by atoms with Crippen molar-refractivity contribution < 1.29 is 0 Å². The molecule has 0 saturated carbocycles. The van der Waals surface area contributed by atoms with Gasteiger partial charge in [0.25, 0.3) is 0 Å². The second kappa shape index (κ2) is 5.96. The van der Waals surface area contributed by atoms with E-state index in [2.05, 4.69) is 42.3 Å². The summed E-state index contributed by atoms with van der Waals surface area (Å²) in [5, 5.41) is 4.38. The second-order valence-electron chi connectivity index (χ2n) is 4.42. The van der Waals surface area contributed by atoms with Crippen LogP contribution in [0.1, 0.15) is 5.56 Å². The Bertz CT molecular complexity index is 715. The van der Waals surface area contributed by atoms with E-state index in [0.717, 1.165) is 34.2 Å². The maximum absolute atomic E-state index is 4.32. The van der Waals surface area contributed by atoms with E-state index in [1.54, 1.807) is 12.5 Å². The van der Waals surface area contributed by atoms with Gasteiger partial charge in [0, 0.05) is 28.8 Å². The molecular formula is C15H13BrN4. The van der Waals surface area contributed by atoms with Gasteiger partial charge >= 0.3 is 0 Å². The average Bonchev–Trinajstić information content (AvgIpc) is 2.49. The number of hydrogen-bond donors (Lipinski definition) is 1. The van der Waals surface area contributed by atoms with Crippen LogP contribution in [0.15, 0.2) is 53.5 Å². The van der Waals surface area contributed by atoms with E-state index < -0.39 is 0 Å². The molecule has 0 fully saturated rings. The minimum atomic E-state index is 0.810. The number of pyridine rings is 1. The van der Waals surface area contributed by atoms with Gasteiger partial charge in [-0.1, -0.05) is 22.0 Å². The van der Waals surface area contributed by atoms with Crippen molar-refractivity contribution in [2.24, 2.45) is 0 Å². The standard InChI is InChI=1S/C15H13BrN4/c16-12-3-4-14-13(8-12)15(20-10-19-14)18-7-5-11-2-1-6-17-9-11/h1-4,6,8-10H,5,7H2,(H,18,19,20). The third-order valence-corrected chi connectivity index (χ3v) is 3.52. The molecule has 0 aliphatic rings. The lowest BCUT2D eigenvalue weighted by Crippen LogP contribution is -2.07. The third kappa shape index (κ3) is 2.93. The topological polar surface area (TPSA) is 50.7 Å². The number of rotatable bonds is 4. The number of aromatic nitrogens is 3. The second-order valence-corrected chi connectivity index (χ2v) is 5.34. The number of fused-ring (bicyclic) bond motifs is 1. The number of hydrogen-bond acceptors (Lipinski definition) is 4. The summed E-state index contributed by atoms with van der Waals surface area (Å²) in [5.41, 5.74) is 2.15. The van der Waals surface area contributed by atoms with Crippen LogP contribution >= 0.6 is 15.9 Å². The summed E-state index contributed by atoms with van der Waals surface area (Å²) in [7, 11) is 0. The fourth-order valence-electron chi connectivity index (χ4n) is 2.04. The van der Waals surface area contributed by atoms with Crippen LogP contribution in [0.25, 0.3) is 10.9 Å². The molecule has 0 aliphatic carbocycles. The van der Waals surface area contributed by atoms with Gasteiger partial charge in [-0.3, -0.25) is 4.98 Å². The van der Waals surface area contributed by atoms with E-state index in [1.165, 1.54) is 5.56 Å². The van der Waals surface area contributed by atoms with Gasteiger partial charge in [0.15, 0.2) is 0 Å². The molecule has 4 nitrogen and oxygen atoms in total. The summed E-state index contributed by atoms with van der Waals surface area (Å²) in [6.07, 6.45) is 6.17. The van der Waals surface area contributed by atoms with Gasteiger partial charge in [-0.2, -0.15) is 0 Å². The monoisotopic (exact) mass is 328 g/mol. The van der Waals surface area contributed by atoms with Crippen LogP contribution in [-0.2, 0) is 6.42 Å². The van der Waals surface area contributed by atoms with Crippen LogP contribution in [0.2, 0.25) is 0 Å². The van der Waals surface area contributed by atoms with Crippen molar-refractivity contribution in [2.45, 2.75) is 6.42 Å². The van der Waals surface area contributed by atoms with Gasteiger partial charge in [0.2, 0.25) is 0 Å². The Balaban J connectivity index is 1.76. The smallest absolute Gasteiger partial charge is 0.137 e. The zero-order valence-electron chi connectivity index (χ0n) is 10.8. The largest absolute Gasteiger partial charge is 0.369 e. The van der Waals surface area contributed by atoms with Crippen molar-refractivity contribution in [2.75, 3.05) is 11.9 Å². The summed E-state index contributed by atoms with van der Waals surface area (Å²) in [6.45, 7) is 0.810. The van der Waals surface area contributed by atoms with E-state index in [0.29, 0.717) is 0 Å². The third-order valence-electron chi connectivity index (χ3n) is 3.03. The van der Waals surface area contributed by atoms with Crippen LogP contribution in [-0.4, -0.2) is 21.5 Å². The molecular weight excluding hydrogens is 316 g/mol.